The first-order valence-corrected chi connectivity index (χ1v) is 7.27. The van der Waals surface area contributed by atoms with Crippen LogP contribution >= 0.6 is 0 Å². The summed E-state index contributed by atoms with van der Waals surface area (Å²) in [5.41, 5.74) is 1.43. The van der Waals surface area contributed by atoms with E-state index in [-0.39, 0.29) is 12.5 Å². The number of hydrogen-bond acceptors (Lipinski definition) is 5. The average molecular weight is 315 g/mol. The Hall–Kier alpha value is -2.29. The van der Waals surface area contributed by atoms with Crippen molar-refractivity contribution in [2.45, 2.75) is 6.42 Å². The normalized spacial score (nSPS) is 10.0. The maximum atomic E-state index is 11.4. The fourth-order valence-electron chi connectivity index (χ4n) is 1.48. The van der Waals surface area contributed by atoms with Gasteiger partial charge in [-0.1, -0.05) is 12.1 Å². The summed E-state index contributed by atoms with van der Waals surface area (Å²) in [5, 5.41) is 4.90. The second-order valence-electron chi connectivity index (χ2n) is 4.01. The highest BCUT2D eigenvalue weighted by Gasteiger charge is 2.04. The molecule has 1 rings (SSSR count). The quantitative estimate of drug-likeness (QED) is 0.513. The number of rotatable bonds is 7. The maximum absolute atomic E-state index is 11.4. The number of carbonyl (C=O) groups excluding carboxylic acids is 2. The minimum atomic E-state index is -2.67. The number of nitrogens with one attached hydrogen (secondary N) is 3. The molecule has 3 N–H and O–H groups in total. The predicted molar refractivity (Wildman–Crippen MR) is 77.5 cm³/mol. The number of benzene rings is 1. The summed E-state index contributed by atoms with van der Waals surface area (Å²) in [6, 6.07) is 6.81. The third-order valence-electron chi connectivity index (χ3n) is 2.49. The first-order valence-electron chi connectivity index (χ1n) is 6.09. The minimum Gasteiger partial charge on any atom is -0.453 e. The number of hydrogen-bond donors (Lipinski definition) is 4. The van der Waals surface area contributed by atoms with Crippen LogP contribution in [0, 0.1) is 0 Å². The van der Waals surface area contributed by atoms with E-state index in [0.29, 0.717) is 18.7 Å². The molecular weight excluding hydrogens is 298 g/mol. The van der Waals surface area contributed by atoms with Crippen LogP contribution in [0.1, 0.15) is 5.56 Å². The molecule has 0 bridgehead atoms. The van der Waals surface area contributed by atoms with Crippen LogP contribution in [-0.4, -0.2) is 40.6 Å². The molecule has 0 aliphatic rings. The van der Waals surface area contributed by atoms with Crippen LogP contribution in [0.3, 0.4) is 0 Å². The molecule has 2 amide bonds. The van der Waals surface area contributed by atoms with Crippen LogP contribution in [0.25, 0.3) is 0 Å². The molecule has 0 atom stereocenters. The molecule has 21 heavy (non-hydrogen) atoms. The van der Waals surface area contributed by atoms with Crippen molar-refractivity contribution in [3.63, 3.8) is 0 Å². The molecule has 9 heteroatoms. The highest BCUT2D eigenvalue weighted by atomic mass is 32.2. The van der Waals surface area contributed by atoms with E-state index in [4.69, 9.17) is 0 Å². The fourth-order valence-corrected chi connectivity index (χ4v) is 1.84. The average Bonchev–Trinajstić information content (AvgIpc) is 2.46. The van der Waals surface area contributed by atoms with Crippen molar-refractivity contribution in [3.05, 3.63) is 29.8 Å². The van der Waals surface area contributed by atoms with E-state index in [0.717, 1.165) is 5.56 Å². The largest absolute Gasteiger partial charge is 0.453 e. The minimum absolute atomic E-state index is 0.147. The Bertz CT molecular complexity index is 549. The zero-order valence-electron chi connectivity index (χ0n) is 11.4. The lowest BCUT2D eigenvalue weighted by molar-refractivity contribution is -0.120. The van der Waals surface area contributed by atoms with Gasteiger partial charge in [0.1, 0.15) is 0 Å². The van der Waals surface area contributed by atoms with E-state index in [1.807, 2.05) is 0 Å². The zero-order chi connectivity index (χ0) is 15.7. The Labute approximate surface area is 123 Å². The van der Waals surface area contributed by atoms with Gasteiger partial charge < -0.3 is 15.4 Å². The van der Waals surface area contributed by atoms with E-state index < -0.39 is 17.0 Å². The van der Waals surface area contributed by atoms with Crippen LogP contribution in [0.15, 0.2) is 24.3 Å². The number of methoxy groups -OCH3 is 1. The van der Waals surface area contributed by atoms with Crippen molar-refractivity contribution < 1.29 is 22.7 Å². The highest BCUT2D eigenvalue weighted by molar-refractivity contribution is 7.73. The first-order chi connectivity index (χ1) is 10.0. The summed E-state index contributed by atoms with van der Waals surface area (Å²) < 4.78 is 27.5. The molecule has 0 aromatic heterocycles. The number of amides is 2. The molecular formula is C12H17N3O5S. The van der Waals surface area contributed by atoms with Gasteiger partial charge in [-0.05, 0) is 24.1 Å². The first kappa shape index (κ1) is 16.8. The molecule has 0 unspecified atom stereocenters. The van der Waals surface area contributed by atoms with Gasteiger partial charge in [-0.3, -0.25) is 9.52 Å². The Morgan fingerprint density at radius 1 is 1.14 bits per heavy atom. The van der Waals surface area contributed by atoms with E-state index in [1.165, 1.54) is 7.11 Å². The molecule has 1 aromatic rings. The van der Waals surface area contributed by atoms with Gasteiger partial charge in [0.05, 0.1) is 13.7 Å². The molecule has 0 aliphatic heterocycles. The molecule has 0 spiro atoms. The van der Waals surface area contributed by atoms with Gasteiger partial charge in [0, 0.05) is 12.2 Å². The molecule has 8 nitrogen and oxygen atoms in total. The van der Waals surface area contributed by atoms with Gasteiger partial charge in [0.2, 0.25) is 16.8 Å². The highest BCUT2D eigenvalue weighted by Crippen LogP contribution is 2.09. The van der Waals surface area contributed by atoms with Crippen molar-refractivity contribution in [1.82, 2.24) is 10.6 Å². The zero-order valence-corrected chi connectivity index (χ0v) is 12.3. The van der Waals surface area contributed by atoms with Gasteiger partial charge >= 0.3 is 6.09 Å². The number of thiol groups is 1. The molecule has 0 heterocycles. The summed E-state index contributed by atoms with van der Waals surface area (Å²) in [7, 11) is -1.45. The lowest BCUT2D eigenvalue weighted by Gasteiger charge is -2.07. The third-order valence-corrected chi connectivity index (χ3v) is 2.93. The van der Waals surface area contributed by atoms with Crippen LogP contribution in [0.2, 0.25) is 0 Å². The molecule has 1 aromatic carbocycles. The smallest absolute Gasteiger partial charge is 0.407 e. The molecule has 116 valence electrons. The van der Waals surface area contributed by atoms with Crippen LogP contribution < -0.4 is 15.4 Å². The molecule has 0 aliphatic carbocycles. The topological polar surface area (TPSA) is 114 Å². The number of ether oxygens (including phenoxy) is 1. The van der Waals surface area contributed by atoms with Crippen molar-refractivity contribution in [1.29, 1.82) is 0 Å². The third kappa shape index (κ3) is 7.16. The van der Waals surface area contributed by atoms with E-state index >= 15 is 0 Å². The van der Waals surface area contributed by atoms with Crippen molar-refractivity contribution in [2.24, 2.45) is 0 Å². The Morgan fingerprint density at radius 2 is 1.81 bits per heavy atom. The van der Waals surface area contributed by atoms with Gasteiger partial charge in [-0.15, -0.1) is 0 Å². The van der Waals surface area contributed by atoms with Crippen LogP contribution in [0.5, 0.6) is 0 Å². The predicted octanol–water partition coefficient (Wildman–Crippen LogP) is -0.360. The van der Waals surface area contributed by atoms with Crippen molar-refractivity contribution in [3.8, 4) is 0 Å². The summed E-state index contributed by atoms with van der Waals surface area (Å²) in [6.45, 7) is 0.260. The van der Waals surface area contributed by atoms with E-state index in [1.54, 1.807) is 24.3 Å². The number of alkyl carbamates (subject to hydrolysis) is 1. The molecule has 0 saturated carbocycles. The van der Waals surface area contributed by atoms with Crippen LogP contribution in [-0.2, 0) is 26.8 Å². The lowest BCUT2D eigenvalue weighted by atomic mass is 10.1. The Balaban J connectivity index is 2.29. The summed E-state index contributed by atoms with van der Waals surface area (Å²) in [4.78, 5) is 22.1. The van der Waals surface area contributed by atoms with E-state index in [9.17, 15) is 18.0 Å². The number of anilines is 1. The van der Waals surface area contributed by atoms with Gasteiger partial charge in [-0.25, -0.2) is 13.2 Å². The standard InChI is InChI=1S/C12H17N3O5S/c1-20-12(17)14-8-11(16)13-7-6-9-2-4-10(5-3-9)15-21(18)19/h2-5,21H,6-8H2,1H3,(H,13,16)(H,14,17)(H,15,18,19). The Kier molecular flexibility index (Phi) is 7.02. The second kappa shape index (κ2) is 8.80. The van der Waals surface area contributed by atoms with Crippen LogP contribution in [0.4, 0.5) is 10.5 Å². The molecule has 0 radical (unpaired) electrons. The van der Waals surface area contributed by atoms with E-state index in [2.05, 4.69) is 20.1 Å². The second-order valence-corrected chi connectivity index (χ2v) is 4.75. The SMILES string of the molecule is COC(=O)NCC(=O)NCCc1ccc(N[SH](=O)=O)cc1. The summed E-state index contributed by atoms with van der Waals surface area (Å²) in [6.07, 6.45) is -0.0711. The lowest BCUT2D eigenvalue weighted by Crippen LogP contribution is -2.37. The maximum Gasteiger partial charge on any atom is 0.407 e. The summed E-state index contributed by atoms with van der Waals surface area (Å²) in [5.74, 6) is -0.318. The van der Waals surface area contributed by atoms with Gasteiger partial charge in [0.25, 0.3) is 0 Å². The Morgan fingerprint density at radius 3 is 2.38 bits per heavy atom. The van der Waals surface area contributed by atoms with Crippen molar-refractivity contribution >= 4 is 28.6 Å². The molecule has 0 saturated heterocycles. The number of carbonyl (C=O) groups is 2. The monoisotopic (exact) mass is 315 g/mol. The van der Waals surface area contributed by atoms with Gasteiger partial charge in [-0.2, -0.15) is 0 Å². The summed E-state index contributed by atoms with van der Waals surface area (Å²) >= 11 is 0. The van der Waals surface area contributed by atoms with Gasteiger partial charge in [0.15, 0.2) is 0 Å². The molecule has 0 fully saturated rings. The van der Waals surface area contributed by atoms with Crippen molar-refractivity contribution in [2.75, 3.05) is 24.9 Å². The fraction of sp³-hybridized carbons (Fsp3) is 0.333.